The summed E-state index contributed by atoms with van der Waals surface area (Å²) in [5.74, 6) is 3.77. The molecule has 9 amide bonds. The number of thiazole rings is 1. The number of likely N-dealkylation sites (N-methyl/N-ethyl adjacent to an activating group) is 1. The van der Waals surface area contributed by atoms with Crippen molar-refractivity contribution in [1.29, 1.82) is 0 Å². The summed E-state index contributed by atoms with van der Waals surface area (Å²) in [6, 6.07) is 11.3. The minimum atomic E-state index is -1.31. The molecule has 2 aliphatic carbocycles. The van der Waals surface area contributed by atoms with E-state index in [2.05, 4.69) is 65.3 Å². The first-order valence-corrected chi connectivity index (χ1v) is 39.4. The van der Waals surface area contributed by atoms with Crippen LogP contribution in [0, 0.1) is 59.2 Å². The van der Waals surface area contributed by atoms with Crippen LogP contribution in [0.5, 0.6) is 0 Å². The number of ether oxygens (including phenoxy) is 6. The number of hydrogen-bond acceptors (Lipinski definition) is 21. The Balaban J connectivity index is 0.918. The van der Waals surface area contributed by atoms with Gasteiger partial charge in [0.2, 0.25) is 35.4 Å². The lowest BCUT2D eigenvalue weighted by Gasteiger charge is -2.39. The molecular weight excluding hydrogens is 1450 g/mol. The van der Waals surface area contributed by atoms with Crippen molar-refractivity contribution in [2.45, 2.75) is 181 Å². The molecule has 3 aliphatic rings. The third-order valence-electron chi connectivity index (χ3n) is 19.6. The number of piperidine rings is 1. The molecule has 111 heavy (non-hydrogen) atoms. The minimum absolute atomic E-state index is 0.00929. The number of hydrogen-bond donors (Lipinski definition) is 9. The number of carboxylic acid groups (broad SMARTS) is 1. The van der Waals surface area contributed by atoms with E-state index in [0.29, 0.717) is 106 Å². The van der Waals surface area contributed by atoms with Gasteiger partial charge in [-0.2, -0.15) is 0 Å². The van der Waals surface area contributed by atoms with Gasteiger partial charge < -0.3 is 76.1 Å². The van der Waals surface area contributed by atoms with Gasteiger partial charge in [-0.3, -0.25) is 57.7 Å². The van der Waals surface area contributed by atoms with Crippen LogP contribution in [-0.4, -0.2) is 221 Å². The number of fused-ring (bicyclic) bond motifs is 1. The number of unbranched alkanes of at least 4 members (excludes halogenated alkanes) is 1. The Bertz CT molecular complexity index is 3580. The fourth-order valence-corrected chi connectivity index (χ4v) is 13.9. The van der Waals surface area contributed by atoms with Crippen LogP contribution in [0.15, 0.2) is 60.0 Å². The average molecular weight is 1570 g/mol. The van der Waals surface area contributed by atoms with Gasteiger partial charge in [0.25, 0.3) is 11.8 Å². The van der Waals surface area contributed by atoms with Gasteiger partial charge in [0, 0.05) is 69.1 Å². The van der Waals surface area contributed by atoms with Crippen LogP contribution in [0.4, 0.5) is 10.5 Å². The molecule has 9 N–H and O–H groups in total. The second-order valence-corrected chi connectivity index (χ2v) is 30.0. The Kier molecular flexibility index (Phi) is 39.8. The van der Waals surface area contributed by atoms with Gasteiger partial charge in [0.1, 0.15) is 22.8 Å². The maximum Gasteiger partial charge on any atom is 0.407 e. The number of terminal acetylenes is 1. The summed E-state index contributed by atoms with van der Waals surface area (Å²) in [5, 5.41) is 34.8. The topological polar surface area (TPSA) is 388 Å². The van der Waals surface area contributed by atoms with Crippen LogP contribution in [0.2, 0.25) is 0 Å². The van der Waals surface area contributed by atoms with E-state index < -0.39 is 121 Å². The van der Waals surface area contributed by atoms with Gasteiger partial charge in [0.15, 0.2) is 6.10 Å². The number of aliphatic carboxylic acids is 1. The van der Waals surface area contributed by atoms with Crippen LogP contribution in [-0.2, 0) is 89.3 Å². The van der Waals surface area contributed by atoms with E-state index in [0.717, 1.165) is 56.4 Å². The first-order valence-electron chi connectivity index (χ1n) is 38.5. The second kappa shape index (κ2) is 48.6. The molecule has 2 unspecified atom stereocenters. The van der Waals surface area contributed by atoms with Crippen molar-refractivity contribution in [3.8, 4) is 24.2 Å². The van der Waals surface area contributed by atoms with Gasteiger partial charge in [-0.1, -0.05) is 83.0 Å². The zero-order valence-corrected chi connectivity index (χ0v) is 66.3. The summed E-state index contributed by atoms with van der Waals surface area (Å²) >= 11 is 1.06. The maximum absolute atomic E-state index is 14.9. The molecule has 1 aliphatic heterocycles. The molecule has 3 aromatic rings. The number of aromatic nitrogens is 1. The fraction of sp³-hybridized carbons (Fsp3) is 0.625. The Labute approximate surface area is 655 Å². The number of carboxylic acids is 1. The molecule has 2 aromatic carbocycles. The van der Waals surface area contributed by atoms with Gasteiger partial charge in [-0.25, -0.2) is 14.8 Å². The number of benzene rings is 2. The van der Waals surface area contributed by atoms with Crippen molar-refractivity contribution in [3.63, 3.8) is 0 Å². The molecule has 610 valence electrons. The number of rotatable bonds is 50. The standard InChI is InChI=1S/C80H115N11O19S/c1-10-12-22-35-109-91(77(100)72(54(5)11-2)89-75(99)65-27-20-21-34-90(65)9)66(53(3)4)46-67(110-55(6)92)76-88-64(52-111-76)74(98)86-59(47-80(7,8)78(101)102)44-57-28-30-58(31-29-57)85-70(95)50-84-73(97)63(45-56-23-16-15-17-24-56)87-71(96)49-83-69(94)48-82-68(93)32-36-104-38-40-106-42-43-107-41-39-105-37-33-81-79(103)108-51-62-60-25-18-13-14-19-26-61(60)62/h1,15-17,23-24,28-31,52-54,59-63,65-67,72H,11-12,18-22,25-27,32-51H2,2-9H3,(H,81,103)(H,82,93)(H,83,94)(H,84,97)(H,85,95)(H,86,98)(H,87,96)(H,89,99)(H,101,102)/t54-,59-,60?,61?,62?,63-,65+,66+,67+,72-/m0/s1. The Morgan fingerprint density at radius 1 is 0.739 bits per heavy atom. The number of nitrogens with one attached hydrogen (secondary N) is 8. The fourth-order valence-electron chi connectivity index (χ4n) is 13.0. The molecule has 1 saturated heterocycles. The van der Waals surface area contributed by atoms with Crippen LogP contribution < -0.4 is 42.5 Å². The first-order chi connectivity index (χ1) is 53.3. The molecule has 0 bridgehead atoms. The number of likely N-dealkylation sites (tertiary alicyclic amines) is 1. The minimum Gasteiger partial charge on any atom is -0.481 e. The molecular formula is C80H115N11O19S. The number of nitrogens with zero attached hydrogens (tertiary/aromatic N) is 3. The van der Waals surface area contributed by atoms with Crippen molar-refractivity contribution in [2.24, 2.45) is 35.0 Å². The van der Waals surface area contributed by atoms with E-state index in [4.69, 9.17) is 39.7 Å². The van der Waals surface area contributed by atoms with Crippen LogP contribution in [0.25, 0.3) is 0 Å². The Morgan fingerprint density at radius 3 is 2.00 bits per heavy atom. The van der Waals surface area contributed by atoms with Crippen molar-refractivity contribution < 1.29 is 91.1 Å². The molecule has 0 spiro atoms. The SMILES string of the molecule is C#CCCCON(C(=O)[C@@H](NC(=O)[C@H]1CCCCN1C)[C@@H](C)CC)[C@H](C[C@@H](OC(C)=O)c1nc(C(=O)N[C@@H](Cc2ccc(NC(=O)CNC(=O)[C@H](Cc3ccccc3)NC(=O)CNC(=O)CNC(=O)CCOCCOCCOCCOCCNC(=O)OCC3C4CCC#CCCC43)cc2)CC(C)(C)C(=O)O)cs1)C(C)C. The van der Waals surface area contributed by atoms with Gasteiger partial charge >= 0.3 is 18.0 Å². The third-order valence-corrected chi connectivity index (χ3v) is 20.6. The number of esters is 1. The first kappa shape index (κ1) is 90.8. The van der Waals surface area contributed by atoms with Crippen molar-refractivity contribution in [1.82, 2.24) is 52.2 Å². The number of hydroxylamine groups is 2. The molecule has 1 aromatic heterocycles. The lowest BCUT2D eigenvalue weighted by molar-refractivity contribution is -0.213. The number of carbonyl (C=O) groups is 11. The number of carbonyl (C=O) groups excluding carboxylic acids is 10. The molecule has 9 atom stereocenters. The van der Waals surface area contributed by atoms with E-state index in [9.17, 15) is 57.8 Å². The summed E-state index contributed by atoms with van der Waals surface area (Å²) in [6.07, 6.45) is 12.0. The number of anilines is 1. The normalized spacial score (nSPS) is 17.6. The molecule has 6 rings (SSSR count). The quantitative estimate of drug-likeness (QED) is 0.0139. The summed E-state index contributed by atoms with van der Waals surface area (Å²) in [7, 11) is 1.90. The lowest BCUT2D eigenvalue weighted by Crippen LogP contribution is -2.58. The smallest absolute Gasteiger partial charge is 0.407 e. The summed E-state index contributed by atoms with van der Waals surface area (Å²) < 4.78 is 33.3. The van der Waals surface area contributed by atoms with Crippen LogP contribution in [0.3, 0.4) is 0 Å². The number of alkyl carbamates (subject to hydrolysis) is 1. The largest absolute Gasteiger partial charge is 0.481 e. The highest BCUT2D eigenvalue weighted by Crippen LogP contribution is 2.52. The highest BCUT2D eigenvalue weighted by molar-refractivity contribution is 7.09. The van der Waals surface area contributed by atoms with E-state index >= 15 is 0 Å². The summed E-state index contributed by atoms with van der Waals surface area (Å²) in [4.78, 5) is 159. The second-order valence-electron chi connectivity index (χ2n) is 29.1. The average Bonchev–Trinajstić information content (AvgIpc) is 1.76. The van der Waals surface area contributed by atoms with Crippen molar-refractivity contribution in [2.75, 3.05) is 111 Å². The van der Waals surface area contributed by atoms with E-state index in [1.54, 1.807) is 54.6 Å². The highest BCUT2D eigenvalue weighted by atomic mass is 32.1. The molecule has 31 heteroatoms. The summed E-state index contributed by atoms with van der Waals surface area (Å²) in [6.45, 7) is 14.3. The molecule has 1 saturated carbocycles. The van der Waals surface area contributed by atoms with Gasteiger partial charge in [-0.15, -0.1) is 35.5 Å². The Hall–Kier alpha value is -9.08. The van der Waals surface area contributed by atoms with Crippen LogP contribution in [0.1, 0.15) is 165 Å². The lowest BCUT2D eigenvalue weighted by atomic mass is 9.84. The predicted molar refractivity (Wildman–Crippen MR) is 414 cm³/mol. The highest BCUT2D eigenvalue weighted by Gasteiger charge is 2.49. The third kappa shape index (κ3) is 33.0. The van der Waals surface area contributed by atoms with Gasteiger partial charge in [-0.05, 0) is 125 Å². The van der Waals surface area contributed by atoms with E-state index in [1.807, 2.05) is 39.6 Å². The molecule has 2 heterocycles. The van der Waals surface area contributed by atoms with Crippen molar-refractivity contribution >= 4 is 82.3 Å². The molecule has 0 radical (unpaired) electrons. The van der Waals surface area contributed by atoms with E-state index in [-0.39, 0.29) is 87.0 Å². The maximum atomic E-state index is 14.9. The zero-order valence-electron chi connectivity index (χ0n) is 65.5. The molecule has 30 nitrogen and oxygen atoms in total. The van der Waals surface area contributed by atoms with Gasteiger partial charge in [0.05, 0.1) is 103 Å². The Morgan fingerprint density at radius 2 is 1.37 bits per heavy atom. The zero-order chi connectivity index (χ0) is 80.7. The van der Waals surface area contributed by atoms with Crippen LogP contribution >= 0.6 is 11.3 Å². The predicted octanol–water partition coefficient (Wildman–Crippen LogP) is 5.83. The van der Waals surface area contributed by atoms with Crippen molar-refractivity contribution in [3.05, 3.63) is 81.8 Å². The number of amides is 9. The summed E-state index contributed by atoms with van der Waals surface area (Å²) in [5.41, 5.74) is 0.337. The van der Waals surface area contributed by atoms with E-state index in [1.165, 1.54) is 31.2 Å². The molecule has 2 fully saturated rings. The monoisotopic (exact) mass is 1570 g/mol.